The molecule has 22 heavy (non-hydrogen) atoms. The van der Waals surface area contributed by atoms with Crippen molar-refractivity contribution < 1.29 is 9.53 Å². The van der Waals surface area contributed by atoms with E-state index in [-0.39, 0.29) is 12.2 Å². The third-order valence-electron chi connectivity index (χ3n) is 4.17. The first-order chi connectivity index (χ1) is 10.5. The number of aromatic nitrogens is 1. The van der Waals surface area contributed by atoms with Crippen LogP contribution in [-0.4, -0.2) is 36.2 Å². The third kappa shape index (κ3) is 4.19. The summed E-state index contributed by atoms with van der Waals surface area (Å²) in [6.45, 7) is 8.17. The van der Waals surface area contributed by atoms with Gasteiger partial charge in [-0.05, 0) is 24.5 Å². The van der Waals surface area contributed by atoms with E-state index in [2.05, 4.69) is 30.7 Å². The molecule has 1 saturated heterocycles. The molecule has 0 radical (unpaired) electrons. The molecule has 0 aromatic carbocycles. The van der Waals surface area contributed by atoms with Crippen molar-refractivity contribution in [1.29, 1.82) is 0 Å². The van der Waals surface area contributed by atoms with E-state index >= 15 is 0 Å². The number of nitrogens with zero attached hydrogens (tertiary/aromatic N) is 2. The highest BCUT2D eigenvalue weighted by atomic mass is 16.5. The maximum Gasteiger partial charge on any atom is 0.248 e. The second-order valence-corrected chi connectivity index (χ2v) is 6.35. The summed E-state index contributed by atoms with van der Waals surface area (Å²) in [5.41, 5.74) is 5.87. The summed E-state index contributed by atoms with van der Waals surface area (Å²) in [7, 11) is 0. The lowest BCUT2D eigenvalue weighted by Crippen LogP contribution is -2.50. The molecular weight excluding hydrogens is 278 g/mol. The van der Waals surface area contributed by atoms with E-state index in [1.165, 1.54) is 6.42 Å². The number of hydrogen-bond donors (Lipinski definition) is 1. The van der Waals surface area contributed by atoms with Gasteiger partial charge >= 0.3 is 0 Å². The van der Waals surface area contributed by atoms with Gasteiger partial charge in [-0.2, -0.15) is 0 Å². The van der Waals surface area contributed by atoms with E-state index in [4.69, 9.17) is 10.5 Å². The number of carbonyl (C=O) groups is 1. The average Bonchev–Trinajstić information content (AvgIpc) is 2.52. The normalized spacial score (nSPS) is 22.1. The Labute approximate surface area is 132 Å². The highest BCUT2D eigenvalue weighted by molar-refractivity contribution is 5.93. The van der Waals surface area contributed by atoms with Crippen LogP contribution in [0.3, 0.4) is 0 Å². The third-order valence-corrected chi connectivity index (χ3v) is 4.17. The van der Waals surface area contributed by atoms with Crippen LogP contribution < -0.4 is 10.6 Å². The molecule has 2 atom stereocenters. The first kappa shape index (κ1) is 16.7. The first-order valence-electron chi connectivity index (χ1n) is 8.17. The Balaban J connectivity index is 2.16. The largest absolute Gasteiger partial charge is 0.371 e. The topological polar surface area (TPSA) is 68.5 Å². The predicted octanol–water partition coefficient (Wildman–Crippen LogP) is 2.60. The molecule has 0 spiro atoms. The molecule has 0 saturated carbocycles. The number of ether oxygens (including phenoxy) is 1. The van der Waals surface area contributed by atoms with Gasteiger partial charge in [0.2, 0.25) is 5.91 Å². The summed E-state index contributed by atoms with van der Waals surface area (Å²) in [4.78, 5) is 18.0. The van der Waals surface area contributed by atoms with Crippen molar-refractivity contribution in [2.75, 3.05) is 18.0 Å². The van der Waals surface area contributed by atoms with Crippen molar-refractivity contribution in [1.82, 2.24) is 4.98 Å². The van der Waals surface area contributed by atoms with E-state index in [9.17, 15) is 4.79 Å². The van der Waals surface area contributed by atoms with Crippen LogP contribution in [0.1, 0.15) is 50.4 Å². The lowest BCUT2D eigenvalue weighted by atomic mass is 10.0. The minimum atomic E-state index is -0.417. The Morgan fingerprint density at radius 2 is 2.27 bits per heavy atom. The smallest absolute Gasteiger partial charge is 0.248 e. The number of primary amides is 1. The quantitative estimate of drug-likeness (QED) is 0.877. The number of unbranched alkanes of at least 4 members (excludes halogenated alkanes) is 1. The molecule has 2 heterocycles. The monoisotopic (exact) mass is 305 g/mol. The lowest BCUT2D eigenvalue weighted by Gasteiger charge is -2.40. The van der Waals surface area contributed by atoms with Gasteiger partial charge in [0.05, 0.1) is 12.2 Å². The minimum Gasteiger partial charge on any atom is -0.371 e. The summed E-state index contributed by atoms with van der Waals surface area (Å²) in [5, 5.41) is 0. The second-order valence-electron chi connectivity index (χ2n) is 6.35. The molecule has 1 aliphatic rings. The Morgan fingerprint density at radius 1 is 1.50 bits per heavy atom. The Hall–Kier alpha value is -1.62. The van der Waals surface area contributed by atoms with E-state index in [1.54, 1.807) is 18.3 Å². The molecule has 1 amide bonds. The van der Waals surface area contributed by atoms with E-state index < -0.39 is 5.91 Å². The van der Waals surface area contributed by atoms with Crippen molar-refractivity contribution >= 4 is 11.7 Å². The number of pyridine rings is 1. The molecule has 1 fully saturated rings. The molecule has 2 rings (SSSR count). The molecule has 1 aliphatic heterocycles. The molecule has 0 aliphatic carbocycles. The van der Waals surface area contributed by atoms with Gasteiger partial charge in [-0.1, -0.05) is 33.6 Å². The molecule has 2 N–H and O–H groups in total. The van der Waals surface area contributed by atoms with Crippen LogP contribution in [0.2, 0.25) is 0 Å². The Bertz CT molecular complexity index is 504. The van der Waals surface area contributed by atoms with E-state index in [0.29, 0.717) is 11.5 Å². The number of anilines is 1. The summed E-state index contributed by atoms with van der Waals surface area (Å²) in [6.07, 6.45) is 5.46. The van der Waals surface area contributed by atoms with Crippen LogP contribution in [0.5, 0.6) is 0 Å². The number of carbonyl (C=O) groups excluding carboxylic acids is 1. The summed E-state index contributed by atoms with van der Waals surface area (Å²) in [5.74, 6) is 0.845. The maximum absolute atomic E-state index is 11.4. The van der Waals surface area contributed by atoms with Crippen molar-refractivity contribution in [2.24, 2.45) is 11.7 Å². The van der Waals surface area contributed by atoms with Crippen molar-refractivity contribution in [3.05, 3.63) is 23.9 Å². The molecule has 0 bridgehead atoms. The summed E-state index contributed by atoms with van der Waals surface area (Å²) in [6, 6.07) is 3.43. The zero-order valence-corrected chi connectivity index (χ0v) is 13.8. The predicted molar refractivity (Wildman–Crippen MR) is 88.0 cm³/mol. The molecule has 122 valence electrons. The molecule has 5 heteroatoms. The molecule has 1 aromatic rings. The van der Waals surface area contributed by atoms with Crippen LogP contribution in [0.25, 0.3) is 0 Å². The van der Waals surface area contributed by atoms with Crippen LogP contribution in [-0.2, 0) is 4.74 Å². The van der Waals surface area contributed by atoms with Crippen LogP contribution in [0, 0.1) is 5.92 Å². The summed E-state index contributed by atoms with van der Waals surface area (Å²) >= 11 is 0. The van der Waals surface area contributed by atoms with Crippen LogP contribution in [0.4, 0.5) is 5.82 Å². The SMILES string of the molecule is CCCC[C@@H]1CN(c2cc(C(N)=O)ccn2)C[C@H](C(C)C)O1. The van der Waals surface area contributed by atoms with Gasteiger partial charge < -0.3 is 15.4 Å². The second kappa shape index (κ2) is 7.58. The number of nitrogens with two attached hydrogens (primary N) is 1. The Morgan fingerprint density at radius 3 is 2.91 bits per heavy atom. The molecular formula is C17H27N3O2. The van der Waals surface area contributed by atoms with Crippen molar-refractivity contribution in [3.63, 3.8) is 0 Å². The van der Waals surface area contributed by atoms with E-state index in [0.717, 1.165) is 31.7 Å². The number of hydrogen-bond acceptors (Lipinski definition) is 4. The zero-order chi connectivity index (χ0) is 16.1. The number of amides is 1. The fourth-order valence-electron chi connectivity index (χ4n) is 2.76. The van der Waals surface area contributed by atoms with Gasteiger partial charge in [0.15, 0.2) is 0 Å². The fraction of sp³-hybridized carbons (Fsp3) is 0.647. The standard InChI is InChI=1S/C17H27N3O2/c1-4-5-6-14-10-20(11-15(22-14)12(2)3)16-9-13(17(18)21)7-8-19-16/h7-9,12,14-15H,4-6,10-11H2,1-3H3,(H2,18,21)/t14-,15-/m1/s1. The lowest BCUT2D eigenvalue weighted by molar-refractivity contribution is -0.0521. The summed E-state index contributed by atoms with van der Waals surface area (Å²) < 4.78 is 6.22. The number of rotatable bonds is 6. The molecule has 1 aromatic heterocycles. The van der Waals surface area contributed by atoms with Gasteiger partial charge in [-0.25, -0.2) is 4.98 Å². The van der Waals surface area contributed by atoms with Crippen molar-refractivity contribution in [3.8, 4) is 0 Å². The Kier molecular flexibility index (Phi) is 5.77. The van der Waals surface area contributed by atoms with Crippen LogP contribution >= 0.6 is 0 Å². The van der Waals surface area contributed by atoms with Gasteiger partial charge in [0, 0.05) is 24.8 Å². The van der Waals surface area contributed by atoms with Gasteiger partial charge in [-0.15, -0.1) is 0 Å². The zero-order valence-electron chi connectivity index (χ0n) is 13.8. The minimum absolute atomic E-state index is 0.189. The first-order valence-corrected chi connectivity index (χ1v) is 8.17. The number of morpholine rings is 1. The maximum atomic E-state index is 11.4. The average molecular weight is 305 g/mol. The van der Waals surface area contributed by atoms with Gasteiger partial charge in [0.1, 0.15) is 5.82 Å². The highest BCUT2D eigenvalue weighted by Crippen LogP contribution is 2.24. The van der Waals surface area contributed by atoms with Crippen molar-refractivity contribution in [2.45, 2.75) is 52.2 Å². The van der Waals surface area contributed by atoms with Gasteiger partial charge in [-0.3, -0.25) is 4.79 Å². The van der Waals surface area contributed by atoms with E-state index in [1.807, 2.05) is 0 Å². The van der Waals surface area contributed by atoms with Gasteiger partial charge in [0.25, 0.3) is 0 Å². The van der Waals surface area contributed by atoms with Crippen LogP contribution in [0.15, 0.2) is 18.3 Å². The fourth-order valence-corrected chi connectivity index (χ4v) is 2.76. The highest BCUT2D eigenvalue weighted by Gasteiger charge is 2.30. The molecule has 5 nitrogen and oxygen atoms in total. The molecule has 0 unspecified atom stereocenters.